The SMILES string of the molecule is Cc1ccnc(C(C)(C)C(=O)NCc2cc(Cl)c(C3CCC(=O)NC3=O)c(Cl)c2)n1. The Kier molecular flexibility index (Phi) is 6.43. The van der Waals surface area contributed by atoms with Gasteiger partial charge in [-0.3, -0.25) is 19.7 Å². The molecule has 9 heteroatoms. The standard InChI is InChI=1S/C21H22Cl2N4O3/c1-11-6-7-24-19(26-11)21(2,3)20(30)25-10-12-8-14(22)17(15(23)9-12)13-4-5-16(28)27-18(13)29/h6-9,13H,4-5,10H2,1-3H3,(H,25,30)(H,27,28,29). The zero-order valence-electron chi connectivity index (χ0n) is 16.9. The van der Waals surface area contributed by atoms with Crippen LogP contribution in [0.15, 0.2) is 24.4 Å². The highest BCUT2D eigenvalue weighted by Crippen LogP contribution is 2.37. The molecule has 1 saturated heterocycles. The first-order valence-corrected chi connectivity index (χ1v) is 10.2. The fraction of sp³-hybridized carbons (Fsp3) is 0.381. The summed E-state index contributed by atoms with van der Waals surface area (Å²) in [4.78, 5) is 44.9. The van der Waals surface area contributed by atoms with E-state index in [1.54, 1.807) is 38.2 Å². The van der Waals surface area contributed by atoms with Crippen molar-refractivity contribution < 1.29 is 14.4 Å². The molecule has 1 aromatic carbocycles. The Morgan fingerprint density at radius 1 is 1.27 bits per heavy atom. The number of carbonyl (C=O) groups excluding carboxylic acids is 3. The van der Waals surface area contributed by atoms with Crippen LogP contribution in [0.3, 0.4) is 0 Å². The van der Waals surface area contributed by atoms with Crippen LogP contribution < -0.4 is 10.6 Å². The number of amides is 3. The summed E-state index contributed by atoms with van der Waals surface area (Å²) in [5, 5.41) is 5.82. The monoisotopic (exact) mass is 448 g/mol. The summed E-state index contributed by atoms with van der Waals surface area (Å²) < 4.78 is 0. The van der Waals surface area contributed by atoms with E-state index < -0.39 is 17.2 Å². The van der Waals surface area contributed by atoms with Gasteiger partial charge in [-0.05, 0) is 51.0 Å². The van der Waals surface area contributed by atoms with Crippen LogP contribution in [0.1, 0.15) is 55.3 Å². The van der Waals surface area contributed by atoms with Gasteiger partial charge in [-0.1, -0.05) is 23.2 Å². The van der Waals surface area contributed by atoms with Gasteiger partial charge in [-0.25, -0.2) is 9.97 Å². The highest BCUT2D eigenvalue weighted by molar-refractivity contribution is 6.36. The topological polar surface area (TPSA) is 101 Å². The number of hydrogen-bond donors (Lipinski definition) is 2. The number of nitrogens with one attached hydrogen (secondary N) is 2. The number of carbonyl (C=O) groups is 3. The summed E-state index contributed by atoms with van der Waals surface area (Å²) in [5.74, 6) is -1.10. The number of nitrogens with zero attached hydrogens (tertiary/aromatic N) is 2. The summed E-state index contributed by atoms with van der Waals surface area (Å²) >= 11 is 12.8. The van der Waals surface area contributed by atoms with E-state index in [0.29, 0.717) is 33.4 Å². The van der Waals surface area contributed by atoms with Crippen molar-refractivity contribution in [1.29, 1.82) is 0 Å². The van der Waals surface area contributed by atoms with Crippen LogP contribution >= 0.6 is 23.2 Å². The molecule has 2 aromatic rings. The van der Waals surface area contributed by atoms with E-state index in [-0.39, 0.29) is 24.8 Å². The van der Waals surface area contributed by atoms with Crippen molar-refractivity contribution in [2.24, 2.45) is 0 Å². The van der Waals surface area contributed by atoms with Gasteiger partial charge < -0.3 is 5.32 Å². The van der Waals surface area contributed by atoms with Crippen LogP contribution in [0.2, 0.25) is 10.0 Å². The van der Waals surface area contributed by atoms with Gasteiger partial charge in [0, 0.05) is 40.5 Å². The molecule has 3 amide bonds. The van der Waals surface area contributed by atoms with E-state index in [9.17, 15) is 14.4 Å². The number of imide groups is 1. The first-order valence-electron chi connectivity index (χ1n) is 9.49. The predicted molar refractivity (Wildman–Crippen MR) is 113 cm³/mol. The molecule has 0 aliphatic carbocycles. The van der Waals surface area contributed by atoms with E-state index in [1.807, 2.05) is 6.92 Å². The van der Waals surface area contributed by atoms with Crippen molar-refractivity contribution in [3.8, 4) is 0 Å². The largest absolute Gasteiger partial charge is 0.351 e. The molecule has 0 spiro atoms. The second-order valence-corrected chi connectivity index (χ2v) is 8.62. The molecule has 3 rings (SSSR count). The number of piperidine rings is 1. The molecule has 1 aromatic heterocycles. The molecule has 1 unspecified atom stereocenters. The lowest BCUT2D eigenvalue weighted by molar-refractivity contribution is -0.134. The van der Waals surface area contributed by atoms with Gasteiger partial charge in [0.05, 0.1) is 5.92 Å². The zero-order chi connectivity index (χ0) is 22.1. The molecule has 7 nitrogen and oxygen atoms in total. The van der Waals surface area contributed by atoms with Crippen molar-refractivity contribution in [2.75, 3.05) is 0 Å². The number of aromatic nitrogens is 2. The average molecular weight is 449 g/mol. The average Bonchev–Trinajstić information content (AvgIpc) is 2.67. The van der Waals surface area contributed by atoms with Crippen molar-refractivity contribution in [3.63, 3.8) is 0 Å². The van der Waals surface area contributed by atoms with Crippen LogP contribution in [-0.4, -0.2) is 27.7 Å². The molecule has 158 valence electrons. The summed E-state index contributed by atoms with van der Waals surface area (Å²) in [5.41, 5.74) is 1.04. The Morgan fingerprint density at radius 3 is 2.53 bits per heavy atom. The smallest absolute Gasteiger partial charge is 0.234 e. The minimum absolute atomic E-state index is 0.198. The molecule has 0 bridgehead atoms. The molecule has 1 atom stereocenters. The van der Waals surface area contributed by atoms with Crippen molar-refractivity contribution in [2.45, 2.75) is 51.5 Å². The number of aryl methyl sites for hydroxylation is 1. The summed E-state index contributed by atoms with van der Waals surface area (Å²) in [7, 11) is 0. The Balaban J connectivity index is 1.74. The predicted octanol–water partition coefficient (Wildman–Crippen LogP) is 3.21. The molecular weight excluding hydrogens is 427 g/mol. The second-order valence-electron chi connectivity index (χ2n) is 7.81. The maximum Gasteiger partial charge on any atom is 0.234 e. The molecule has 0 radical (unpaired) electrons. The molecule has 1 fully saturated rings. The highest BCUT2D eigenvalue weighted by Gasteiger charge is 2.33. The Hall–Kier alpha value is -2.51. The number of hydrogen-bond acceptors (Lipinski definition) is 5. The second kappa shape index (κ2) is 8.70. The summed E-state index contributed by atoms with van der Waals surface area (Å²) in [6.45, 7) is 5.54. The van der Waals surface area contributed by atoms with Crippen LogP contribution in [-0.2, 0) is 26.3 Å². The molecular formula is C21H22Cl2N4O3. The third kappa shape index (κ3) is 4.63. The van der Waals surface area contributed by atoms with Gasteiger partial charge in [0.1, 0.15) is 11.2 Å². The van der Waals surface area contributed by atoms with Crippen molar-refractivity contribution in [3.05, 3.63) is 57.1 Å². The third-order valence-electron chi connectivity index (χ3n) is 5.10. The summed E-state index contributed by atoms with van der Waals surface area (Å²) in [6.07, 6.45) is 2.21. The Bertz CT molecular complexity index is 1000. The minimum atomic E-state index is -0.924. The first-order chi connectivity index (χ1) is 14.1. The van der Waals surface area contributed by atoms with Gasteiger partial charge in [0.2, 0.25) is 17.7 Å². The van der Waals surface area contributed by atoms with Gasteiger partial charge in [-0.2, -0.15) is 0 Å². The fourth-order valence-corrected chi connectivity index (χ4v) is 4.09. The molecule has 1 aliphatic heterocycles. The maximum atomic E-state index is 12.8. The van der Waals surface area contributed by atoms with E-state index in [4.69, 9.17) is 23.2 Å². The number of rotatable bonds is 5. The number of benzene rings is 1. The van der Waals surface area contributed by atoms with E-state index >= 15 is 0 Å². The minimum Gasteiger partial charge on any atom is -0.351 e. The number of halogens is 2. The lowest BCUT2D eigenvalue weighted by atomic mass is 9.89. The third-order valence-corrected chi connectivity index (χ3v) is 5.73. The van der Waals surface area contributed by atoms with Crippen LogP contribution in [0.25, 0.3) is 0 Å². The van der Waals surface area contributed by atoms with Gasteiger partial charge in [-0.15, -0.1) is 0 Å². The first kappa shape index (κ1) is 22.2. The van der Waals surface area contributed by atoms with Crippen LogP contribution in [0.4, 0.5) is 0 Å². The van der Waals surface area contributed by atoms with Crippen LogP contribution in [0.5, 0.6) is 0 Å². The quantitative estimate of drug-likeness (QED) is 0.683. The molecule has 30 heavy (non-hydrogen) atoms. The van der Waals surface area contributed by atoms with Crippen molar-refractivity contribution >= 4 is 40.9 Å². The Labute approximate surface area is 184 Å². The molecule has 2 N–H and O–H groups in total. The van der Waals surface area contributed by atoms with Gasteiger partial charge >= 0.3 is 0 Å². The normalized spacial score (nSPS) is 16.9. The van der Waals surface area contributed by atoms with E-state index in [1.165, 1.54) is 0 Å². The van der Waals surface area contributed by atoms with E-state index in [2.05, 4.69) is 20.6 Å². The molecule has 1 aliphatic rings. The molecule has 0 saturated carbocycles. The molecule has 2 heterocycles. The van der Waals surface area contributed by atoms with Crippen molar-refractivity contribution in [1.82, 2.24) is 20.6 Å². The van der Waals surface area contributed by atoms with Gasteiger partial charge in [0.15, 0.2) is 0 Å². The van der Waals surface area contributed by atoms with Gasteiger partial charge in [0.25, 0.3) is 0 Å². The summed E-state index contributed by atoms with van der Waals surface area (Å²) in [6, 6.07) is 5.11. The highest BCUT2D eigenvalue weighted by atomic mass is 35.5. The van der Waals surface area contributed by atoms with Crippen LogP contribution in [0, 0.1) is 6.92 Å². The Morgan fingerprint density at radius 2 is 1.93 bits per heavy atom. The fourth-order valence-electron chi connectivity index (χ4n) is 3.30. The van der Waals surface area contributed by atoms with E-state index in [0.717, 1.165) is 5.69 Å². The lowest BCUT2D eigenvalue weighted by Crippen LogP contribution is -2.41. The maximum absolute atomic E-state index is 12.8. The lowest BCUT2D eigenvalue weighted by Gasteiger charge is -2.24. The zero-order valence-corrected chi connectivity index (χ0v) is 18.4.